The zero-order valence-corrected chi connectivity index (χ0v) is 9.75. The molecule has 15 heavy (non-hydrogen) atoms. The van der Waals surface area contributed by atoms with E-state index in [1.807, 2.05) is 20.8 Å². The summed E-state index contributed by atoms with van der Waals surface area (Å²) in [5, 5.41) is 2.65. The Morgan fingerprint density at radius 3 is 2.67 bits per heavy atom. The van der Waals surface area contributed by atoms with E-state index in [0.29, 0.717) is 0 Å². The van der Waals surface area contributed by atoms with E-state index >= 15 is 0 Å². The molecule has 1 N–H and O–H groups in total. The summed E-state index contributed by atoms with van der Waals surface area (Å²) in [6.45, 7) is 6.22. The molecule has 1 aliphatic heterocycles. The first-order valence-corrected chi connectivity index (χ1v) is 5.70. The van der Waals surface area contributed by atoms with E-state index in [1.54, 1.807) is 4.90 Å². The fraction of sp³-hybridized carbons (Fsp3) is 0.818. The number of piperazine rings is 1. The Balaban J connectivity index is 2.82. The molecule has 0 aromatic carbocycles. The lowest BCUT2D eigenvalue weighted by Crippen LogP contribution is -2.60. The van der Waals surface area contributed by atoms with E-state index < -0.39 is 0 Å². The van der Waals surface area contributed by atoms with Crippen molar-refractivity contribution in [2.45, 2.75) is 52.1 Å². The van der Waals surface area contributed by atoms with Crippen molar-refractivity contribution in [2.75, 3.05) is 6.54 Å². The summed E-state index contributed by atoms with van der Waals surface area (Å²) >= 11 is 0. The van der Waals surface area contributed by atoms with Gasteiger partial charge in [-0.1, -0.05) is 20.3 Å². The van der Waals surface area contributed by atoms with Crippen LogP contribution in [0.1, 0.15) is 40.0 Å². The molecule has 1 rings (SSSR count). The molecular weight excluding hydrogens is 192 g/mol. The molecule has 0 saturated carbocycles. The normalized spacial score (nSPS) is 23.9. The molecule has 86 valence electrons. The van der Waals surface area contributed by atoms with Gasteiger partial charge in [0.25, 0.3) is 0 Å². The van der Waals surface area contributed by atoms with Crippen molar-refractivity contribution in [2.24, 2.45) is 0 Å². The first-order chi connectivity index (χ1) is 7.11. The van der Waals surface area contributed by atoms with E-state index in [1.165, 1.54) is 0 Å². The number of hydrogen-bond acceptors (Lipinski definition) is 2. The van der Waals surface area contributed by atoms with E-state index in [-0.39, 0.29) is 30.4 Å². The minimum absolute atomic E-state index is 0.00301. The van der Waals surface area contributed by atoms with Gasteiger partial charge in [-0.05, 0) is 19.8 Å². The van der Waals surface area contributed by atoms with Gasteiger partial charge in [0.05, 0.1) is 6.54 Å². The SMILES string of the molecule is CCCC1C(=O)NCC(=O)N1C(C)CC. The second-order valence-corrected chi connectivity index (χ2v) is 4.08. The number of carbonyl (C=O) groups excluding carboxylic acids is 2. The summed E-state index contributed by atoms with van der Waals surface area (Å²) in [6.07, 6.45) is 2.56. The fourth-order valence-electron chi connectivity index (χ4n) is 1.97. The van der Waals surface area contributed by atoms with Gasteiger partial charge in [-0.25, -0.2) is 0 Å². The van der Waals surface area contributed by atoms with Crippen molar-refractivity contribution in [3.63, 3.8) is 0 Å². The summed E-state index contributed by atoms with van der Waals surface area (Å²) < 4.78 is 0. The summed E-state index contributed by atoms with van der Waals surface area (Å²) in [4.78, 5) is 25.1. The molecule has 1 fully saturated rings. The number of nitrogens with one attached hydrogen (secondary N) is 1. The van der Waals surface area contributed by atoms with Gasteiger partial charge in [0.15, 0.2) is 0 Å². The predicted octanol–water partition coefficient (Wildman–Crippen LogP) is 0.912. The standard InChI is InChI=1S/C11H20N2O2/c1-4-6-9-11(15)12-7-10(14)13(9)8(3)5-2/h8-9H,4-7H2,1-3H3,(H,12,15). The molecule has 1 aliphatic rings. The molecule has 4 heteroatoms. The smallest absolute Gasteiger partial charge is 0.243 e. The lowest BCUT2D eigenvalue weighted by atomic mass is 10.0. The molecule has 0 aromatic heterocycles. The Bertz CT molecular complexity index is 253. The molecule has 0 aliphatic carbocycles. The van der Waals surface area contributed by atoms with Crippen molar-refractivity contribution >= 4 is 11.8 Å². The summed E-state index contributed by atoms with van der Waals surface area (Å²) in [5.74, 6) is 0.0409. The molecule has 0 spiro atoms. The second-order valence-electron chi connectivity index (χ2n) is 4.08. The third-order valence-electron chi connectivity index (χ3n) is 2.97. The van der Waals surface area contributed by atoms with Crippen molar-refractivity contribution < 1.29 is 9.59 Å². The Labute approximate surface area is 91.0 Å². The van der Waals surface area contributed by atoms with Crippen LogP contribution in [0.25, 0.3) is 0 Å². The average Bonchev–Trinajstić information content (AvgIpc) is 2.23. The molecule has 4 nitrogen and oxygen atoms in total. The minimum atomic E-state index is -0.258. The van der Waals surface area contributed by atoms with E-state index in [2.05, 4.69) is 5.32 Å². The maximum Gasteiger partial charge on any atom is 0.243 e. The maximum atomic E-state index is 11.7. The Hall–Kier alpha value is -1.06. The topological polar surface area (TPSA) is 49.4 Å². The third-order valence-corrected chi connectivity index (χ3v) is 2.97. The Morgan fingerprint density at radius 2 is 2.13 bits per heavy atom. The Kier molecular flexibility index (Phi) is 4.12. The molecule has 1 heterocycles. The quantitative estimate of drug-likeness (QED) is 0.753. The van der Waals surface area contributed by atoms with Crippen molar-refractivity contribution in [1.82, 2.24) is 10.2 Å². The number of hydrogen-bond donors (Lipinski definition) is 1. The van der Waals surface area contributed by atoms with E-state index in [4.69, 9.17) is 0 Å². The number of nitrogens with zero attached hydrogens (tertiary/aromatic N) is 1. The second kappa shape index (κ2) is 5.14. The average molecular weight is 212 g/mol. The Morgan fingerprint density at radius 1 is 1.47 bits per heavy atom. The molecule has 2 amide bonds. The van der Waals surface area contributed by atoms with Gasteiger partial charge >= 0.3 is 0 Å². The summed E-state index contributed by atoms with van der Waals surface area (Å²) in [6, 6.07) is -0.105. The van der Waals surface area contributed by atoms with Gasteiger partial charge in [-0.2, -0.15) is 0 Å². The fourth-order valence-corrected chi connectivity index (χ4v) is 1.97. The van der Waals surface area contributed by atoms with Gasteiger partial charge < -0.3 is 10.2 Å². The van der Waals surface area contributed by atoms with Crippen LogP contribution in [-0.4, -0.2) is 35.3 Å². The first kappa shape index (κ1) is 12.0. The molecule has 0 aromatic rings. The van der Waals surface area contributed by atoms with Crippen LogP contribution >= 0.6 is 0 Å². The highest BCUT2D eigenvalue weighted by Gasteiger charge is 2.35. The highest BCUT2D eigenvalue weighted by Crippen LogP contribution is 2.16. The summed E-state index contributed by atoms with van der Waals surface area (Å²) in [7, 11) is 0. The number of rotatable bonds is 4. The maximum absolute atomic E-state index is 11.7. The van der Waals surface area contributed by atoms with Crippen LogP contribution in [-0.2, 0) is 9.59 Å². The molecule has 2 unspecified atom stereocenters. The van der Waals surface area contributed by atoms with Crippen LogP contribution in [0.15, 0.2) is 0 Å². The third kappa shape index (κ3) is 2.49. The minimum Gasteiger partial charge on any atom is -0.345 e. The lowest BCUT2D eigenvalue weighted by Gasteiger charge is -2.38. The monoisotopic (exact) mass is 212 g/mol. The van der Waals surface area contributed by atoms with Crippen molar-refractivity contribution in [3.8, 4) is 0 Å². The first-order valence-electron chi connectivity index (χ1n) is 5.70. The molecule has 0 radical (unpaired) electrons. The van der Waals surface area contributed by atoms with Crippen LogP contribution in [0.4, 0.5) is 0 Å². The highest BCUT2D eigenvalue weighted by molar-refractivity contribution is 5.94. The van der Waals surface area contributed by atoms with Gasteiger partial charge in [-0.3, -0.25) is 9.59 Å². The van der Waals surface area contributed by atoms with Gasteiger partial charge in [0.1, 0.15) is 6.04 Å². The number of carbonyl (C=O) groups is 2. The zero-order chi connectivity index (χ0) is 11.4. The largest absolute Gasteiger partial charge is 0.345 e. The predicted molar refractivity (Wildman–Crippen MR) is 58.3 cm³/mol. The van der Waals surface area contributed by atoms with Gasteiger partial charge in [-0.15, -0.1) is 0 Å². The van der Waals surface area contributed by atoms with Crippen LogP contribution in [0.5, 0.6) is 0 Å². The molecule has 2 atom stereocenters. The molecular formula is C11H20N2O2. The lowest BCUT2D eigenvalue weighted by molar-refractivity contribution is -0.148. The van der Waals surface area contributed by atoms with Crippen LogP contribution in [0, 0.1) is 0 Å². The van der Waals surface area contributed by atoms with Crippen molar-refractivity contribution in [1.29, 1.82) is 0 Å². The summed E-state index contributed by atoms with van der Waals surface area (Å²) in [5.41, 5.74) is 0. The zero-order valence-electron chi connectivity index (χ0n) is 9.75. The highest BCUT2D eigenvalue weighted by atomic mass is 16.2. The van der Waals surface area contributed by atoms with E-state index in [0.717, 1.165) is 19.3 Å². The van der Waals surface area contributed by atoms with Gasteiger partial charge in [0.2, 0.25) is 11.8 Å². The van der Waals surface area contributed by atoms with Crippen molar-refractivity contribution in [3.05, 3.63) is 0 Å². The molecule has 1 saturated heterocycles. The van der Waals surface area contributed by atoms with Gasteiger partial charge in [0, 0.05) is 6.04 Å². The molecule has 0 bridgehead atoms. The van der Waals surface area contributed by atoms with Crippen LogP contribution < -0.4 is 5.32 Å². The number of amides is 2. The van der Waals surface area contributed by atoms with Crippen LogP contribution in [0.3, 0.4) is 0 Å². The van der Waals surface area contributed by atoms with Crippen LogP contribution in [0.2, 0.25) is 0 Å². The van der Waals surface area contributed by atoms with E-state index in [9.17, 15) is 9.59 Å².